The van der Waals surface area contributed by atoms with Gasteiger partial charge in [-0.2, -0.15) is 0 Å². The van der Waals surface area contributed by atoms with E-state index in [1.54, 1.807) is 4.90 Å². The lowest BCUT2D eigenvalue weighted by molar-refractivity contribution is -0.119. The molecule has 0 aromatic heterocycles. The van der Waals surface area contributed by atoms with E-state index in [4.69, 9.17) is 4.74 Å². The van der Waals surface area contributed by atoms with Crippen molar-refractivity contribution in [3.8, 4) is 5.75 Å². The van der Waals surface area contributed by atoms with Crippen LogP contribution in [-0.4, -0.2) is 42.6 Å². The highest BCUT2D eigenvalue weighted by Gasteiger charge is 2.27. The van der Waals surface area contributed by atoms with Crippen LogP contribution < -0.4 is 15.4 Å². The number of benzene rings is 2. The van der Waals surface area contributed by atoms with E-state index in [9.17, 15) is 9.59 Å². The first kappa shape index (κ1) is 19.7. The fourth-order valence-corrected chi connectivity index (χ4v) is 3.34. The molecule has 3 rings (SSSR count). The van der Waals surface area contributed by atoms with Crippen molar-refractivity contribution in [2.45, 2.75) is 32.2 Å². The number of hydrogen-bond donors (Lipinski definition) is 2. The number of likely N-dealkylation sites (tertiary alicyclic amines) is 1. The van der Waals surface area contributed by atoms with Crippen molar-refractivity contribution in [2.24, 2.45) is 0 Å². The minimum atomic E-state index is -0.173. The Hall–Kier alpha value is -3.02. The van der Waals surface area contributed by atoms with Crippen LogP contribution in [0, 0.1) is 0 Å². The van der Waals surface area contributed by atoms with Crippen LogP contribution in [0.15, 0.2) is 54.6 Å². The average molecular weight is 381 g/mol. The number of aryl methyl sites for hydroxylation is 1. The minimum absolute atomic E-state index is 0.0210. The summed E-state index contributed by atoms with van der Waals surface area (Å²) in [5.41, 5.74) is 1.95. The minimum Gasteiger partial charge on any atom is -0.491 e. The number of para-hydroxylation sites is 2. The molecule has 2 aromatic carbocycles. The molecule has 0 saturated carbocycles. The van der Waals surface area contributed by atoms with Gasteiger partial charge in [0.25, 0.3) is 0 Å². The van der Waals surface area contributed by atoms with E-state index in [-0.39, 0.29) is 18.0 Å². The summed E-state index contributed by atoms with van der Waals surface area (Å²) in [4.78, 5) is 25.5. The van der Waals surface area contributed by atoms with Crippen LogP contribution >= 0.6 is 0 Å². The van der Waals surface area contributed by atoms with Gasteiger partial charge in [0.05, 0.1) is 12.3 Å². The highest BCUT2D eigenvalue weighted by molar-refractivity contribution is 5.91. The molecule has 3 amide bonds. The van der Waals surface area contributed by atoms with Crippen LogP contribution in [0.1, 0.15) is 25.3 Å². The van der Waals surface area contributed by atoms with Crippen molar-refractivity contribution >= 4 is 17.6 Å². The lowest BCUT2D eigenvalue weighted by atomic mass is 10.1. The molecule has 0 spiro atoms. The van der Waals surface area contributed by atoms with Gasteiger partial charge >= 0.3 is 6.03 Å². The number of urea groups is 1. The summed E-state index contributed by atoms with van der Waals surface area (Å²) in [6, 6.07) is 17.6. The Labute approximate surface area is 165 Å². The fraction of sp³-hybridized carbons (Fsp3) is 0.364. The summed E-state index contributed by atoms with van der Waals surface area (Å²) in [5, 5.41) is 5.80. The van der Waals surface area contributed by atoms with Crippen molar-refractivity contribution in [3.05, 3.63) is 60.2 Å². The van der Waals surface area contributed by atoms with Crippen molar-refractivity contribution in [3.63, 3.8) is 0 Å². The Morgan fingerprint density at radius 2 is 1.86 bits per heavy atom. The Bertz CT molecular complexity index is 795. The summed E-state index contributed by atoms with van der Waals surface area (Å²) in [6.45, 7) is 3.21. The molecule has 1 fully saturated rings. The van der Waals surface area contributed by atoms with Crippen molar-refractivity contribution in [1.29, 1.82) is 0 Å². The second kappa shape index (κ2) is 9.78. The quantitative estimate of drug-likeness (QED) is 0.722. The van der Waals surface area contributed by atoms with Crippen molar-refractivity contribution in [2.75, 3.05) is 25.0 Å². The van der Waals surface area contributed by atoms with Crippen LogP contribution in [0.2, 0.25) is 0 Å². The Morgan fingerprint density at radius 1 is 1.11 bits per heavy atom. The topological polar surface area (TPSA) is 70.7 Å². The van der Waals surface area contributed by atoms with Gasteiger partial charge in [-0.3, -0.25) is 4.79 Å². The lowest BCUT2D eigenvalue weighted by Gasteiger charge is -2.19. The SMILES string of the molecule is CC(=O)NC1CCN(C(=O)Nc2ccccc2OCCCc2ccccc2)C1. The molecule has 2 N–H and O–H groups in total. The van der Waals surface area contributed by atoms with Gasteiger partial charge in [-0.25, -0.2) is 4.79 Å². The Morgan fingerprint density at radius 3 is 2.64 bits per heavy atom. The molecule has 0 bridgehead atoms. The molecular weight excluding hydrogens is 354 g/mol. The maximum Gasteiger partial charge on any atom is 0.322 e. The summed E-state index contributed by atoms with van der Waals surface area (Å²) >= 11 is 0. The number of carbonyl (C=O) groups excluding carboxylic acids is 2. The predicted molar refractivity (Wildman–Crippen MR) is 110 cm³/mol. The number of nitrogens with one attached hydrogen (secondary N) is 2. The molecule has 1 unspecified atom stereocenters. The zero-order valence-corrected chi connectivity index (χ0v) is 16.2. The zero-order chi connectivity index (χ0) is 19.8. The third-order valence-corrected chi connectivity index (χ3v) is 4.72. The maximum absolute atomic E-state index is 12.6. The van der Waals surface area contributed by atoms with Gasteiger partial charge in [-0.15, -0.1) is 0 Å². The fourth-order valence-electron chi connectivity index (χ4n) is 3.34. The van der Waals surface area contributed by atoms with E-state index in [0.29, 0.717) is 31.1 Å². The van der Waals surface area contributed by atoms with E-state index in [1.165, 1.54) is 12.5 Å². The first-order chi connectivity index (χ1) is 13.6. The molecule has 1 atom stereocenters. The second-order valence-electron chi connectivity index (χ2n) is 7.00. The zero-order valence-electron chi connectivity index (χ0n) is 16.2. The van der Waals surface area contributed by atoms with E-state index in [2.05, 4.69) is 22.8 Å². The Kier molecular flexibility index (Phi) is 6.89. The van der Waals surface area contributed by atoms with Gasteiger partial charge in [0.2, 0.25) is 5.91 Å². The Balaban J connectivity index is 1.49. The molecule has 6 heteroatoms. The van der Waals surface area contributed by atoms with Gasteiger partial charge in [0, 0.05) is 26.1 Å². The van der Waals surface area contributed by atoms with Gasteiger partial charge in [0.1, 0.15) is 5.75 Å². The number of nitrogens with zero attached hydrogens (tertiary/aromatic N) is 1. The van der Waals surface area contributed by atoms with Gasteiger partial charge in [-0.1, -0.05) is 42.5 Å². The van der Waals surface area contributed by atoms with Crippen LogP contribution in [0.25, 0.3) is 0 Å². The van der Waals surface area contributed by atoms with Crippen LogP contribution in [0.5, 0.6) is 5.75 Å². The number of ether oxygens (including phenoxy) is 1. The largest absolute Gasteiger partial charge is 0.491 e. The second-order valence-corrected chi connectivity index (χ2v) is 7.00. The first-order valence-corrected chi connectivity index (χ1v) is 9.70. The normalized spacial score (nSPS) is 15.9. The van der Waals surface area contributed by atoms with Crippen molar-refractivity contribution in [1.82, 2.24) is 10.2 Å². The third kappa shape index (κ3) is 5.74. The molecular formula is C22H27N3O3. The van der Waals surface area contributed by atoms with Crippen molar-refractivity contribution < 1.29 is 14.3 Å². The van der Waals surface area contributed by atoms with Crippen LogP contribution in [0.3, 0.4) is 0 Å². The van der Waals surface area contributed by atoms with Crippen LogP contribution in [0.4, 0.5) is 10.5 Å². The monoisotopic (exact) mass is 381 g/mol. The van der Waals surface area contributed by atoms with Gasteiger partial charge in [-0.05, 0) is 37.0 Å². The number of anilines is 1. The summed E-state index contributed by atoms with van der Waals surface area (Å²) in [6.07, 6.45) is 2.62. The van der Waals surface area contributed by atoms with E-state index in [1.807, 2.05) is 42.5 Å². The standard InChI is InChI=1S/C22H27N3O3/c1-17(26)23-19-13-14-25(16-19)22(27)24-20-11-5-6-12-21(20)28-15-7-10-18-8-3-2-4-9-18/h2-6,8-9,11-12,19H,7,10,13-16H2,1H3,(H,23,26)(H,24,27). The van der Waals surface area contributed by atoms with Crippen LogP contribution in [-0.2, 0) is 11.2 Å². The number of amides is 3. The molecule has 1 heterocycles. The maximum atomic E-state index is 12.6. The summed E-state index contributed by atoms with van der Waals surface area (Å²) in [5.74, 6) is 0.600. The number of carbonyl (C=O) groups is 2. The van der Waals surface area contributed by atoms with Gasteiger partial charge < -0.3 is 20.3 Å². The molecule has 2 aromatic rings. The smallest absolute Gasteiger partial charge is 0.322 e. The molecule has 1 saturated heterocycles. The third-order valence-electron chi connectivity index (χ3n) is 4.72. The predicted octanol–water partition coefficient (Wildman–Crippen LogP) is 3.44. The molecule has 148 valence electrons. The summed E-state index contributed by atoms with van der Waals surface area (Å²) in [7, 11) is 0. The first-order valence-electron chi connectivity index (χ1n) is 9.70. The highest BCUT2D eigenvalue weighted by Crippen LogP contribution is 2.25. The molecule has 6 nitrogen and oxygen atoms in total. The number of hydrogen-bond acceptors (Lipinski definition) is 3. The summed E-state index contributed by atoms with van der Waals surface area (Å²) < 4.78 is 5.91. The lowest BCUT2D eigenvalue weighted by Crippen LogP contribution is -2.38. The van der Waals surface area contributed by atoms with Gasteiger partial charge in [0.15, 0.2) is 0 Å². The van der Waals surface area contributed by atoms with E-state index >= 15 is 0 Å². The molecule has 0 aliphatic carbocycles. The number of rotatable bonds is 7. The van der Waals surface area contributed by atoms with E-state index in [0.717, 1.165) is 19.3 Å². The molecule has 1 aliphatic rings. The molecule has 0 radical (unpaired) electrons. The average Bonchev–Trinajstić information content (AvgIpc) is 3.15. The molecule has 28 heavy (non-hydrogen) atoms. The highest BCUT2D eigenvalue weighted by atomic mass is 16.5. The van der Waals surface area contributed by atoms with E-state index < -0.39 is 0 Å². The molecule has 1 aliphatic heterocycles.